The molecule has 0 aliphatic heterocycles. The number of carbonyl (C=O) groups excluding carboxylic acids is 1. The molecule has 0 atom stereocenters. The van der Waals surface area contributed by atoms with E-state index in [-0.39, 0.29) is 36.2 Å². The van der Waals surface area contributed by atoms with E-state index in [2.05, 4.69) is 15.0 Å². The molecule has 26 heavy (non-hydrogen) atoms. The molecule has 0 saturated carbocycles. The number of urea groups is 1. The number of nitrogens with zero attached hydrogens (tertiary/aromatic N) is 1. The molecule has 4 N–H and O–H groups in total. The monoisotopic (exact) mass is 419 g/mol. The molecule has 0 unspecified atom stereocenters. The number of rotatable bonds is 8. The number of amides is 2. The minimum Gasteiger partial charge on any atom is -0.477 e. The van der Waals surface area contributed by atoms with Gasteiger partial charge in [-0.05, 0) is 24.0 Å². The van der Waals surface area contributed by atoms with Gasteiger partial charge < -0.3 is 20.3 Å². The van der Waals surface area contributed by atoms with Crippen molar-refractivity contribution >= 4 is 51.7 Å². The maximum absolute atomic E-state index is 11.7. The Hall–Kier alpha value is -2.07. The number of aliphatic hydroxyl groups excluding tert-OH is 1. The average Bonchev–Trinajstić information content (AvgIpc) is 2.99. The molecule has 1 aromatic carbocycles. The molecule has 8 nitrogen and oxygen atoms in total. The predicted molar refractivity (Wildman–Crippen MR) is 98.6 cm³/mol. The number of carboxylic acid groups (broad SMARTS) is 1. The Morgan fingerprint density at radius 3 is 2.77 bits per heavy atom. The minimum absolute atomic E-state index is 0.0335. The van der Waals surface area contributed by atoms with Gasteiger partial charge in [0.1, 0.15) is 11.6 Å². The second-order valence-electron chi connectivity index (χ2n) is 4.96. The van der Waals surface area contributed by atoms with Gasteiger partial charge in [-0.25, -0.2) is 9.59 Å². The van der Waals surface area contributed by atoms with E-state index in [9.17, 15) is 14.7 Å². The third kappa shape index (κ3) is 5.21. The third-order valence-corrected chi connectivity index (χ3v) is 4.72. The molecular weight excluding hydrogens is 405 g/mol. The van der Waals surface area contributed by atoms with Crippen molar-refractivity contribution in [1.82, 2.24) is 9.69 Å². The number of hydrogen-bond donors (Lipinski definition) is 4. The fourth-order valence-electron chi connectivity index (χ4n) is 1.88. The van der Waals surface area contributed by atoms with Gasteiger partial charge in [0.15, 0.2) is 5.56 Å². The molecule has 140 valence electrons. The topological polar surface area (TPSA) is 121 Å². The molecule has 11 heteroatoms. The van der Waals surface area contributed by atoms with Crippen LogP contribution in [-0.4, -0.2) is 39.7 Å². The summed E-state index contributed by atoms with van der Waals surface area (Å²) < 4.78 is 9.39. The predicted octanol–water partition coefficient (Wildman–Crippen LogP) is 3.23. The Kier molecular flexibility index (Phi) is 7.46. The van der Waals surface area contributed by atoms with Crippen LogP contribution in [0.5, 0.6) is 5.88 Å². The highest BCUT2D eigenvalue weighted by atomic mass is 35.5. The van der Waals surface area contributed by atoms with Crippen LogP contribution in [0.3, 0.4) is 0 Å². The molecule has 0 fully saturated rings. The average molecular weight is 420 g/mol. The van der Waals surface area contributed by atoms with E-state index in [4.69, 9.17) is 33.0 Å². The van der Waals surface area contributed by atoms with Crippen LogP contribution >= 0.6 is 34.7 Å². The van der Waals surface area contributed by atoms with Crippen molar-refractivity contribution < 1.29 is 24.5 Å². The fraction of sp³-hybridized carbons (Fsp3) is 0.267. The first-order valence-corrected chi connectivity index (χ1v) is 8.91. The Balaban J connectivity index is 2.10. The van der Waals surface area contributed by atoms with Gasteiger partial charge in [-0.1, -0.05) is 35.3 Å². The summed E-state index contributed by atoms with van der Waals surface area (Å²) in [4.78, 5) is 23.3. The zero-order valence-electron chi connectivity index (χ0n) is 13.3. The highest BCUT2D eigenvalue weighted by Gasteiger charge is 2.23. The number of benzene rings is 1. The molecule has 0 saturated heterocycles. The zero-order valence-corrected chi connectivity index (χ0v) is 15.6. The molecule has 0 radical (unpaired) electrons. The van der Waals surface area contributed by atoms with Gasteiger partial charge in [0.25, 0.3) is 0 Å². The summed E-state index contributed by atoms with van der Waals surface area (Å²) in [6.07, 6.45) is 0.386. The number of ether oxygens (including phenoxy) is 1. The largest absolute Gasteiger partial charge is 0.477 e. The second kappa shape index (κ2) is 9.58. The summed E-state index contributed by atoms with van der Waals surface area (Å²) in [7, 11) is 0. The summed E-state index contributed by atoms with van der Waals surface area (Å²) in [5, 5.41) is 23.7. The van der Waals surface area contributed by atoms with Crippen LogP contribution in [0.2, 0.25) is 10.0 Å². The number of carboxylic acids is 1. The van der Waals surface area contributed by atoms with Gasteiger partial charge in [0.05, 0.1) is 10.0 Å². The van der Waals surface area contributed by atoms with Gasteiger partial charge in [-0.2, -0.15) is 4.37 Å². The lowest BCUT2D eigenvalue weighted by Gasteiger charge is -2.08. The van der Waals surface area contributed by atoms with E-state index < -0.39 is 12.0 Å². The number of hydrogen-bond acceptors (Lipinski definition) is 6. The normalized spacial score (nSPS) is 10.4. The summed E-state index contributed by atoms with van der Waals surface area (Å²) >= 11 is 12.8. The van der Waals surface area contributed by atoms with E-state index in [1.165, 1.54) is 0 Å². The number of aliphatic hydroxyl groups is 1. The van der Waals surface area contributed by atoms with E-state index in [1.54, 1.807) is 18.2 Å². The van der Waals surface area contributed by atoms with Crippen LogP contribution in [0.1, 0.15) is 22.3 Å². The molecule has 2 rings (SSSR count). The number of halogens is 2. The van der Waals surface area contributed by atoms with Gasteiger partial charge in [-0.3, -0.25) is 5.32 Å². The van der Waals surface area contributed by atoms with Crippen LogP contribution in [0.25, 0.3) is 0 Å². The van der Waals surface area contributed by atoms with Gasteiger partial charge in [0.2, 0.25) is 5.88 Å². The standard InChI is InChI=1S/C15H15Cl2N3O5S/c16-9-4-1-3-8(11(9)17)7-25-12-10(14(22)23)13(26-20-12)19-15(24)18-5-2-6-21/h1,3-4,21H,2,5-7H2,(H,22,23)(H2,18,19,24). The maximum Gasteiger partial charge on any atom is 0.344 e. The lowest BCUT2D eigenvalue weighted by molar-refractivity contribution is 0.0693. The van der Waals surface area contributed by atoms with E-state index >= 15 is 0 Å². The highest BCUT2D eigenvalue weighted by molar-refractivity contribution is 7.11. The highest BCUT2D eigenvalue weighted by Crippen LogP contribution is 2.32. The van der Waals surface area contributed by atoms with Gasteiger partial charge >= 0.3 is 12.0 Å². The summed E-state index contributed by atoms with van der Waals surface area (Å²) in [6.45, 7) is 0.150. The first-order chi connectivity index (χ1) is 12.4. The fourth-order valence-corrected chi connectivity index (χ4v) is 2.98. The summed E-state index contributed by atoms with van der Waals surface area (Å²) in [5.74, 6) is -1.43. The second-order valence-corrected chi connectivity index (χ2v) is 6.52. The van der Waals surface area contributed by atoms with Crippen molar-refractivity contribution in [1.29, 1.82) is 0 Å². The third-order valence-electron chi connectivity index (χ3n) is 3.12. The van der Waals surface area contributed by atoms with Crippen molar-refractivity contribution in [3.8, 4) is 5.88 Å². The molecule has 0 aliphatic rings. The van der Waals surface area contributed by atoms with E-state index in [0.29, 0.717) is 22.0 Å². The van der Waals surface area contributed by atoms with E-state index in [0.717, 1.165) is 11.5 Å². The molecule has 0 aliphatic carbocycles. The zero-order chi connectivity index (χ0) is 19.1. The molecule has 1 aromatic heterocycles. The first-order valence-electron chi connectivity index (χ1n) is 7.38. The van der Waals surface area contributed by atoms with Crippen LogP contribution < -0.4 is 15.4 Å². The lowest BCUT2D eigenvalue weighted by Crippen LogP contribution is -2.30. The number of aromatic nitrogens is 1. The van der Waals surface area contributed by atoms with E-state index in [1.807, 2.05) is 0 Å². The molecule has 2 amide bonds. The minimum atomic E-state index is -1.29. The Morgan fingerprint density at radius 1 is 1.31 bits per heavy atom. The Bertz CT molecular complexity index is 800. The number of anilines is 1. The van der Waals surface area contributed by atoms with Crippen molar-refractivity contribution in [2.45, 2.75) is 13.0 Å². The van der Waals surface area contributed by atoms with Crippen LogP contribution in [0.15, 0.2) is 18.2 Å². The number of nitrogens with one attached hydrogen (secondary N) is 2. The lowest BCUT2D eigenvalue weighted by atomic mass is 10.2. The Labute approximate surface area is 162 Å². The molecule has 0 spiro atoms. The summed E-state index contributed by atoms with van der Waals surface area (Å²) in [6, 6.07) is 4.40. The molecular formula is C15H15Cl2N3O5S. The number of aromatic carboxylic acids is 1. The van der Waals surface area contributed by atoms with Crippen LogP contribution in [-0.2, 0) is 6.61 Å². The van der Waals surface area contributed by atoms with Crippen LogP contribution in [0.4, 0.5) is 9.80 Å². The summed E-state index contributed by atoms with van der Waals surface area (Å²) in [5.41, 5.74) is 0.310. The molecule has 0 bridgehead atoms. The SMILES string of the molecule is O=C(NCCCO)Nc1snc(OCc2cccc(Cl)c2Cl)c1C(=O)O. The van der Waals surface area contributed by atoms with Gasteiger partial charge in [0, 0.05) is 18.7 Å². The van der Waals surface area contributed by atoms with Crippen LogP contribution in [0, 0.1) is 0 Å². The molecule has 2 aromatic rings. The molecule has 1 heterocycles. The smallest absolute Gasteiger partial charge is 0.344 e. The Morgan fingerprint density at radius 2 is 2.08 bits per heavy atom. The maximum atomic E-state index is 11.7. The van der Waals surface area contributed by atoms with Crippen molar-refractivity contribution in [3.63, 3.8) is 0 Å². The van der Waals surface area contributed by atoms with Crippen molar-refractivity contribution in [3.05, 3.63) is 39.4 Å². The number of carbonyl (C=O) groups is 2. The van der Waals surface area contributed by atoms with Crippen molar-refractivity contribution in [2.24, 2.45) is 0 Å². The quantitative estimate of drug-likeness (QED) is 0.487. The van der Waals surface area contributed by atoms with Crippen molar-refractivity contribution in [2.75, 3.05) is 18.5 Å². The first kappa shape index (κ1) is 20.2. The van der Waals surface area contributed by atoms with Gasteiger partial charge in [-0.15, -0.1) is 0 Å².